The SMILES string of the molecule is CC1CC=CN2C(=C1c1ccccc1)c1c(C(=O)Nc3cc(C#N)ccc3N3CCC(N4CCCOC4=O)CC3)[nH]c3cc(Cl)cc(c13)C2c1ccc(Cl)cc1Cl. The van der Waals surface area contributed by atoms with Crippen molar-refractivity contribution in [3.63, 3.8) is 0 Å². The molecule has 9 nitrogen and oxygen atoms in total. The van der Waals surface area contributed by atoms with E-state index in [1.165, 1.54) is 0 Å². The van der Waals surface area contributed by atoms with Crippen LogP contribution in [-0.4, -0.2) is 59.1 Å². The van der Waals surface area contributed by atoms with Crippen molar-refractivity contribution >= 4 is 80.4 Å². The second kappa shape index (κ2) is 15.2. The zero-order chi connectivity index (χ0) is 39.4. The highest BCUT2D eigenvalue weighted by atomic mass is 35.5. The predicted octanol–water partition coefficient (Wildman–Crippen LogP) is 10.9. The van der Waals surface area contributed by atoms with E-state index in [-0.39, 0.29) is 30.0 Å². The molecule has 2 atom stereocenters. The van der Waals surface area contributed by atoms with Crippen molar-refractivity contribution in [1.29, 1.82) is 5.26 Å². The summed E-state index contributed by atoms with van der Waals surface area (Å²) in [6.07, 6.45) is 7.15. The number of halogens is 3. The first-order valence-corrected chi connectivity index (χ1v) is 20.4. The van der Waals surface area contributed by atoms with Crippen molar-refractivity contribution < 1.29 is 14.3 Å². The molecule has 12 heteroatoms. The molecule has 2 fully saturated rings. The third-order valence-corrected chi connectivity index (χ3v) is 12.4. The highest BCUT2D eigenvalue weighted by Gasteiger charge is 2.40. The summed E-state index contributed by atoms with van der Waals surface area (Å²) in [6.45, 7) is 4.72. The third-order valence-electron chi connectivity index (χ3n) is 11.7. The molecule has 5 heterocycles. The Kier molecular flexibility index (Phi) is 9.90. The molecule has 4 aliphatic rings. The lowest BCUT2D eigenvalue weighted by Crippen LogP contribution is -2.50. The molecule has 0 spiro atoms. The smallest absolute Gasteiger partial charge is 0.410 e. The lowest BCUT2D eigenvalue weighted by molar-refractivity contribution is 0.0499. The Bertz CT molecular complexity index is 2530. The van der Waals surface area contributed by atoms with Crippen LogP contribution in [0.4, 0.5) is 16.2 Å². The molecule has 0 aliphatic carbocycles. The van der Waals surface area contributed by atoms with Gasteiger partial charge in [0, 0.05) is 63.4 Å². The van der Waals surface area contributed by atoms with E-state index in [1.54, 1.807) is 18.2 Å². The van der Waals surface area contributed by atoms with Crippen LogP contribution in [-0.2, 0) is 4.74 Å². The van der Waals surface area contributed by atoms with Crippen LogP contribution in [0.2, 0.25) is 15.1 Å². The van der Waals surface area contributed by atoms with Gasteiger partial charge in [0.2, 0.25) is 0 Å². The molecule has 288 valence electrons. The standard InChI is InChI=1S/C45H39Cl3N6O3/c1-26-7-5-16-54-42(32-12-11-29(46)23-34(32)48)33-22-30(47)24-36-39(33)40(43(54)38(26)28-8-3-2-4-9-28)41(50-36)44(55)51-35-21-27(25-49)10-13-37(35)52-18-14-31(15-19-52)53-17-6-20-57-45(53)56/h2-5,8-13,16,21-24,26,31,42,50H,6-7,14-15,17-20H2,1H3,(H,51,55). The number of amides is 2. The van der Waals surface area contributed by atoms with Crippen LogP contribution in [0.15, 0.2) is 91.1 Å². The number of nitriles is 1. The van der Waals surface area contributed by atoms with Gasteiger partial charge in [-0.15, -0.1) is 0 Å². The largest absolute Gasteiger partial charge is 0.449 e. The van der Waals surface area contributed by atoms with E-state index in [0.29, 0.717) is 58.3 Å². The highest BCUT2D eigenvalue weighted by Crippen LogP contribution is 2.54. The van der Waals surface area contributed by atoms with Gasteiger partial charge in [-0.1, -0.05) is 84.2 Å². The van der Waals surface area contributed by atoms with Crippen LogP contribution in [0.25, 0.3) is 22.2 Å². The molecule has 4 aromatic carbocycles. The highest BCUT2D eigenvalue weighted by molar-refractivity contribution is 6.35. The monoisotopic (exact) mass is 816 g/mol. The summed E-state index contributed by atoms with van der Waals surface area (Å²) in [5.74, 6) is -0.261. The van der Waals surface area contributed by atoms with Crippen LogP contribution >= 0.6 is 34.8 Å². The first-order chi connectivity index (χ1) is 27.7. The van der Waals surface area contributed by atoms with Gasteiger partial charge in [0.25, 0.3) is 5.91 Å². The molecule has 1 aromatic heterocycles. The number of nitrogens with zero attached hydrogens (tertiary/aromatic N) is 4. The summed E-state index contributed by atoms with van der Waals surface area (Å²) < 4.78 is 5.32. The summed E-state index contributed by atoms with van der Waals surface area (Å²) in [5.41, 5.74) is 8.43. The van der Waals surface area contributed by atoms with E-state index in [2.05, 4.69) is 57.5 Å². The number of ether oxygens (including phenoxy) is 1. The van der Waals surface area contributed by atoms with E-state index < -0.39 is 0 Å². The van der Waals surface area contributed by atoms with Crippen LogP contribution in [0, 0.1) is 17.2 Å². The number of aromatic nitrogens is 1. The number of fused-ring (bicyclic) bond motifs is 2. The number of rotatable bonds is 6. The third kappa shape index (κ3) is 6.70. The Labute approximate surface area is 346 Å². The Hall–Kier alpha value is -5.40. The zero-order valence-corrected chi connectivity index (χ0v) is 33.5. The van der Waals surface area contributed by atoms with Crippen molar-refractivity contribution in [2.75, 3.05) is 36.5 Å². The van der Waals surface area contributed by atoms with Crippen LogP contribution in [0.1, 0.15) is 77.0 Å². The minimum absolute atomic E-state index is 0.0866. The molecule has 2 unspecified atom stereocenters. The van der Waals surface area contributed by atoms with E-state index in [4.69, 9.17) is 39.5 Å². The van der Waals surface area contributed by atoms with E-state index in [0.717, 1.165) is 75.8 Å². The van der Waals surface area contributed by atoms with Gasteiger partial charge < -0.3 is 29.7 Å². The summed E-state index contributed by atoms with van der Waals surface area (Å²) in [7, 11) is 0. The van der Waals surface area contributed by atoms with Gasteiger partial charge >= 0.3 is 6.09 Å². The van der Waals surface area contributed by atoms with Gasteiger partial charge in [0.15, 0.2) is 0 Å². The number of anilines is 2. The number of carbonyl (C=O) groups is 2. The van der Waals surface area contributed by atoms with E-state index >= 15 is 4.79 Å². The summed E-state index contributed by atoms with van der Waals surface area (Å²) >= 11 is 20.3. The predicted molar refractivity (Wildman–Crippen MR) is 227 cm³/mol. The topological polar surface area (TPSA) is 105 Å². The maximum atomic E-state index is 15.0. The van der Waals surface area contributed by atoms with Gasteiger partial charge in [0.05, 0.1) is 41.4 Å². The number of hydrogen-bond acceptors (Lipinski definition) is 6. The fourth-order valence-electron chi connectivity index (χ4n) is 9.09. The molecule has 4 aliphatic heterocycles. The molecule has 0 radical (unpaired) electrons. The minimum Gasteiger partial charge on any atom is -0.449 e. The van der Waals surface area contributed by atoms with Crippen LogP contribution < -0.4 is 10.2 Å². The zero-order valence-electron chi connectivity index (χ0n) is 31.2. The molecule has 57 heavy (non-hydrogen) atoms. The molecule has 2 amide bonds. The van der Waals surface area contributed by atoms with Crippen molar-refractivity contribution in [2.45, 2.75) is 44.7 Å². The van der Waals surface area contributed by atoms with Crippen molar-refractivity contribution in [2.24, 2.45) is 5.92 Å². The minimum atomic E-state index is -0.390. The lowest BCUT2D eigenvalue weighted by atomic mass is 9.82. The number of piperidine rings is 1. The van der Waals surface area contributed by atoms with Gasteiger partial charge in [-0.2, -0.15) is 5.26 Å². The summed E-state index contributed by atoms with van der Waals surface area (Å²) in [5, 5.41) is 15.6. The maximum Gasteiger partial charge on any atom is 0.410 e. The molecular weight excluding hydrogens is 779 g/mol. The Morgan fingerprint density at radius 1 is 0.947 bits per heavy atom. The fraction of sp³-hybridized carbons (Fsp3) is 0.267. The number of nitrogens with one attached hydrogen (secondary N) is 2. The van der Waals surface area contributed by atoms with Gasteiger partial charge in [-0.05, 0) is 96.3 Å². The number of allylic oxidation sites excluding steroid dienone is 2. The Morgan fingerprint density at radius 2 is 1.75 bits per heavy atom. The normalized spacial score (nSPS) is 19.6. The molecular formula is C45H39Cl3N6O3. The van der Waals surface area contributed by atoms with Crippen LogP contribution in [0.3, 0.4) is 0 Å². The van der Waals surface area contributed by atoms with E-state index in [9.17, 15) is 10.1 Å². The second-order valence-electron chi connectivity index (χ2n) is 15.1. The van der Waals surface area contributed by atoms with Gasteiger partial charge in [-0.25, -0.2) is 4.79 Å². The van der Waals surface area contributed by atoms with Gasteiger partial charge in [0.1, 0.15) is 5.69 Å². The molecule has 2 N–H and O–H groups in total. The number of H-pyrrole nitrogens is 1. The molecule has 0 bridgehead atoms. The van der Waals surface area contributed by atoms with Crippen molar-refractivity contribution in [3.05, 3.63) is 140 Å². The van der Waals surface area contributed by atoms with Gasteiger partial charge in [-0.3, -0.25) is 4.79 Å². The maximum absolute atomic E-state index is 15.0. The van der Waals surface area contributed by atoms with Crippen LogP contribution in [0.5, 0.6) is 0 Å². The number of carbonyl (C=O) groups excluding carboxylic acids is 2. The molecule has 2 saturated heterocycles. The average molecular weight is 818 g/mol. The summed E-state index contributed by atoms with van der Waals surface area (Å²) in [4.78, 5) is 37.3. The van der Waals surface area contributed by atoms with Crippen molar-refractivity contribution in [1.82, 2.24) is 14.8 Å². The molecule has 0 saturated carbocycles. The lowest BCUT2D eigenvalue weighted by Gasteiger charge is -2.40. The average Bonchev–Trinajstić information content (AvgIpc) is 3.50. The molecule has 5 aromatic rings. The summed E-state index contributed by atoms with van der Waals surface area (Å²) in [6, 6.07) is 27.0. The van der Waals surface area contributed by atoms with E-state index in [1.807, 2.05) is 53.4 Å². The number of cyclic esters (lactones) is 1. The Morgan fingerprint density at radius 3 is 2.51 bits per heavy atom. The Balaban J connectivity index is 1.18. The number of benzene rings is 4. The fourth-order valence-corrected chi connectivity index (χ4v) is 9.83. The first kappa shape index (κ1) is 37.2. The van der Waals surface area contributed by atoms with Crippen molar-refractivity contribution in [3.8, 4) is 6.07 Å². The quantitative estimate of drug-likeness (QED) is 0.177. The second-order valence-corrected chi connectivity index (χ2v) is 16.4. The number of aromatic amines is 1. The first-order valence-electron chi connectivity index (χ1n) is 19.3. The molecule has 9 rings (SSSR count). The number of hydrogen-bond donors (Lipinski definition) is 2.